The molecule has 1 N–H and O–H groups in total. The number of carbonyl (C=O) groups is 1. The van der Waals surface area contributed by atoms with Crippen molar-refractivity contribution in [2.75, 3.05) is 13.1 Å². The van der Waals surface area contributed by atoms with Gasteiger partial charge in [0, 0.05) is 24.6 Å². The molecule has 4 aromatic rings. The van der Waals surface area contributed by atoms with Gasteiger partial charge in [0.15, 0.2) is 11.4 Å². The number of fused-ring (bicyclic) bond motifs is 1. The number of oxazole rings is 1. The summed E-state index contributed by atoms with van der Waals surface area (Å²) in [5, 5.41) is 3.92. The van der Waals surface area contributed by atoms with Crippen LogP contribution in [0.15, 0.2) is 62.3 Å². The van der Waals surface area contributed by atoms with Crippen LogP contribution in [0.3, 0.4) is 0 Å². The first-order valence-electron chi connectivity index (χ1n) is 9.36. The van der Waals surface area contributed by atoms with E-state index in [1.165, 1.54) is 0 Å². The third-order valence-electron chi connectivity index (χ3n) is 5.36. The molecule has 1 amide bonds. The number of benzene rings is 2. The van der Waals surface area contributed by atoms with Crippen molar-refractivity contribution >= 4 is 17.0 Å². The molecule has 8 nitrogen and oxygen atoms in total. The van der Waals surface area contributed by atoms with Gasteiger partial charge in [0.2, 0.25) is 5.89 Å². The standard InChI is InChI=1S/C21H18N4O4/c1-12-22-19(29-24-12)16-11-25(10-15(16)13-5-3-2-4-6-13)20(26)14-7-8-17-18(9-14)28-21(27)23-17/h2-9,15-16H,10-11H2,1H3,(H,23,27). The number of hydrogen-bond acceptors (Lipinski definition) is 6. The van der Waals surface area contributed by atoms with Crippen LogP contribution < -0.4 is 5.76 Å². The van der Waals surface area contributed by atoms with Crippen molar-refractivity contribution in [1.29, 1.82) is 0 Å². The van der Waals surface area contributed by atoms with E-state index < -0.39 is 5.76 Å². The van der Waals surface area contributed by atoms with Crippen molar-refractivity contribution in [3.8, 4) is 0 Å². The van der Waals surface area contributed by atoms with E-state index in [1.807, 2.05) is 18.2 Å². The number of hydrogen-bond donors (Lipinski definition) is 1. The molecular formula is C21H18N4O4. The number of likely N-dealkylation sites (tertiary alicyclic amines) is 1. The minimum Gasteiger partial charge on any atom is -0.408 e. The summed E-state index contributed by atoms with van der Waals surface area (Å²) in [5.41, 5.74) is 2.52. The van der Waals surface area contributed by atoms with Gasteiger partial charge in [0.25, 0.3) is 5.91 Å². The van der Waals surface area contributed by atoms with Crippen LogP contribution >= 0.6 is 0 Å². The number of aromatic amines is 1. The fraction of sp³-hybridized carbons (Fsp3) is 0.238. The maximum Gasteiger partial charge on any atom is 0.417 e. The highest BCUT2D eigenvalue weighted by Gasteiger charge is 2.40. The Kier molecular flexibility index (Phi) is 4.04. The zero-order valence-corrected chi connectivity index (χ0v) is 15.7. The third kappa shape index (κ3) is 3.12. The van der Waals surface area contributed by atoms with Crippen LogP contribution in [0.2, 0.25) is 0 Å². The van der Waals surface area contributed by atoms with Gasteiger partial charge in [-0.15, -0.1) is 0 Å². The zero-order valence-electron chi connectivity index (χ0n) is 15.7. The molecule has 0 radical (unpaired) electrons. The number of aryl methyl sites for hydroxylation is 1. The quantitative estimate of drug-likeness (QED) is 0.577. The molecule has 2 aromatic heterocycles. The van der Waals surface area contributed by atoms with Crippen LogP contribution in [-0.4, -0.2) is 39.0 Å². The summed E-state index contributed by atoms with van der Waals surface area (Å²) in [6.07, 6.45) is 0. The molecule has 1 aliphatic heterocycles. The second-order valence-corrected chi connectivity index (χ2v) is 7.24. The minimum atomic E-state index is -0.540. The molecule has 1 saturated heterocycles. The molecule has 3 heterocycles. The van der Waals surface area contributed by atoms with Gasteiger partial charge >= 0.3 is 5.76 Å². The fourth-order valence-electron chi connectivity index (χ4n) is 3.98. The number of aromatic nitrogens is 3. The largest absolute Gasteiger partial charge is 0.417 e. The fourth-order valence-corrected chi connectivity index (χ4v) is 3.98. The van der Waals surface area contributed by atoms with Gasteiger partial charge in [-0.3, -0.25) is 9.78 Å². The minimum absolute atomic E-state index is 0.0499. The molecule has 2 unspecified atom stereocenters. The van der Waals surface area contributed by atoms with E-state index in [1.54, 1.807) is 30.0 Å². The molecule has 0 saturated carbocycles. The highest BCUT2D eigenvalue weighted by atomic mass is 16.5. The molecule has 8 heteroatoms. The molecule has 146 valence electrons. The predicted molar refractivity (Wildman–Crippen MR) is 104 cm³/mol. The van der Waals surface area contributed by atoms with Crippen LogP contribution in [0.4, 0.5) is 0 Å². The molecule has 0 spiro atoms. The molecule has 0 aliphatic carbocycles. The van der Waals surface area contributed by atoms with Gasteiger partial charge in [0.1, 0.15) is 0 Å². The molecule has 1 fully saturated rings. The highest BCUT2D eigenvalue weighted by Crippen LogP contribution is 2.39. The number of nitrogens with zero attached hydrogens (tertiary/aromatic N) is 3. The molecule has 2 aromatic carbocycles. The second kappa shape index (κ2) is 6.73. The summed E-state index contributed by atoms with van der Waals surface area (Å²) >= 11 is 0. The van der Waals surface area contributed by atoms with Gasteiger partial charge < -0.3 is 13.8 Å². The molecule has 2 atom stereocenters. The number of H-pyrrole nitrogens is 1. The van der Waals surface area contributed by atoms with E-state index in [0.29, 0.717) is 41.5 Å². The normalized spacial score (nSPS) is 19.1. The van der Waals surface area contributed by atoms with Gasteiger partial charge in [-0.2, -0.15) is 4.98 Å². The lowest BCUT2D eigenvalue weighted by Crippen LogP contribution is -2.28. The van der Waals surface area contributed by atoms with Crippen LogP contribution in [0.25, 0.3) is 11.1 Å². The van der Waals surface area contributed by atoms with E-state index in [2.05, 4.69) is 27.3 Å². The lowest BCUT2D eigenvalue weighted by Gasteiger charge is -2.16. The summed E-state index contributed by atoms with van der Waals surface area (Å²) in [7, 11) is 0. The van der Waals surface area contributed by atoms with E-state index in [9.17, 15) is 9.59 Å². The average Bonchev–Trinajstić information content (AvgIpc) is 3.44. The van der Waals surface area contributed by atoms with Crippen LogP contribution in [0.1, 0.15) is 39.5 Å². The number of nitrogens with one attached hydrogen (secondary N) is 1. The first kappa shape index (κ1) is 17.4. The van der Waals surface area contributed by atoms with Gasteiger partial charge in [-0.25, -0.2) is 4.79 Å². The monoisotopic (exact) mass is 390 g/mol. The summed E-state index contributed by atoms with van der Waals surface area (Å²) in [4.78, 5) is 33.3. The first-order chi connectivity index (χ1) is 14.1. The second-order valence-electron chi connectivity index (χ2n) is 7.24. The average molecular weight is 390 g/mol. The van der Waals surface area contributed by atoms with Crippen molar-refractivity contribution in [3.63, 3.8) is 0 Å². The molecule has 0 bridgehead atoms. The molecule has 1 aliphatic rings. The Hall–Kier alpha value is -3.68. The lowest BCUT2D eigenvalue weighted by molar-refractivity contribution is 0.0788. The lowest BCUT2D eigenvalue weighted by atomic mass is 9.89. The number of carbonyl (C=O) groups excluding carboxylic acids is 1. The maximum atomic E-state index is 13.2. The topological polar surface area (TPSA) is 105 Å². The summed E-state index contributed by atoms with van der Waals surface area (Å²) in [5.74, 6) is 0.408. The Morgan fingerprint density at radius 3 is 2.69 bits per heavy atom. The van der Waals surface area contributed by atoms with Crippen LogP contribution in [-0.2, 0) is 0 Å². The van der Waals surface area contributed by atoms with Crippen molar-refractivity contribution in [2.45, 2.75) is 18.8 Å². The number of rotatable bonds is 3. The predicted octanol–water partition coefficient (Wildman–Crippen LogP) is 2.84. The van der Waals surface area contributed by atoms with Crippen molar-refractivity contribution in [3.05, 3.63) is 81.9 Å². The van der Waals surface area contributed by atoms with E-state index >= 15 is 0 Å². The Morgan fingerprint density at radius 2 is 1.93 bits per heavy atom. The van der Waals surface area contributed by atoms with E-state index in [4.69, 9.17) is 8.94 Å². The Morgan fingerprint density at radius 1 is 1.14 bits per heavy atom. The number of amides is 1. The van der Waals surface area contributed by atoms with Crippen molar-refractivity contribution in [1.82, 2.24) is 20.0 Å². The van der Waals surface area contributed by atoms with Crippen molar-refractivity contribution < 1.29 is 13.7 Å². The SMILES string of the molecule is Cc1noc(C2CN(C(=O)c3ccc4[nH]c(=O)oc4c3)CC2c2ccccc2)n1. The summed E-state index contributed by atoms with van der Waals surface area (Å²) < 4.78 is 10.5. The van der Waals surface area contributed by atoms with Gasteiger partial charge in [0.05, 0.1) is 11.4 Å². The smallest absolute Gasteiger partial charge is 0.408 e. The Labute approximate surface area is 165 Å². The zero-order chi connectivity index (χ0) is 20.0. The van der Waals surface area contributed by atoms with Crippen molar-refractivity contribution in [2.24, 2.45) is 0 Å². The molecule has 5 rings (SSSR count). The Balaban J connectivity index is 1.48. The maximum absolute atomic E-state index is 13.2. The summed E-state index contributed by atoms with van der Waals surface area (Å²) in [6.45, 7) is 2.78. The highest BCUT2D eigenvalue weighted by molar-refractivity contribution is 5.97. The Bertz CT molecular complexity index is 1240. The van der Waals surface area contributed by atoms with Gasteiger partial charge in [-0.05, 0) is 30.7 Å². The van der Waals surface area contributed by atoms with Gasteiger partial charge in [-0.1, -0.05) is 35.5 Å². The first-order valence-corrected chi connectivity index (χ1v) is 9.36. The van der Waals surface area contributed by atoms with Crippen LogP contribution in [0.5, 0.6) is 0 Å². The van der Waals surface area contributed by atoms with E-state index in [-0.39, 0.29) is 17.7 Å². The summed E-state index contributed by atoms with van der Waals surface area (Å²) in [6, 6.07) is 15.0. The van der Waals surface area contributed by atoms with Crippen LogP contribution in [0, 0.1) is 6.92 Å². The molecular weight excluding hydrogens is 372 g/mol. The third-order valence-corrected chi connectivity index (χ3v) is 5.36. The molecule has 29 heavy (non-hydrogen) atoms. The van der Waals surface area contributed by atoms with E-state index in [0.717, 1.165) is 5.56 Å².